The van der Waals surface area contributed by atoms with Crippen molar-refractivity contribution in [1.29, 1.82) is 0 Å². The second-order valence-electron chi connectivity index (χ2n) is 16.8. The first-order chi connectivity index (χ1) is 34.8. The first-order valence-electron chi connectivity index (χ1n) is 25.0. The minimum atomic E-state index is -3.62. The topological polar surface area (TPSA) is 91.7 Å². The van der Waals surface area contributed by atoms with E-state index in [1.54, 1.807) is 0 Å². The van der Waals surface area contributed by atoms with Crippen molar-refractivity contribution >= 4 is 50.9 Å². The van der Waals surface area contributed by atoms with Crippen LogP contribution in [-0.4, -0.2) is 80.0 Å². The van der Waals surface area contributed by atoms with Gasteiger partial charge in [-0.05, 0) is 38.5 Å². The Kier molecular flexibility index (Phi) is 47.1. The van der Waals surface area contributed by atoms with Crippen LogP contribution in [0.2, 0.25) is 0 Å². The van der Waals surface area contributed by atoms with Crippen LogP contribution in [0.15, 0.2) is 12.1 Å². The number of ether oxygens (including phenoxy) is 3. The van der Waals surface area contributed by atoms with Crippen molar-refractivity contribution in [2.75, 3.05) is 39.6 Å². The van der Waals surface area contributed by atoms with Crippen molar-refractivity contribution in [2.45, 2.75) is 175 Å². The van der Waals surface area contributed by atoms with Gasteiger partial charge in [-0.25, -0.2) is 57.1 Å². The van der Waals surface area contributed by atoms with Gasteiger partial charge in [0.05, 0.1) is 38.1 Å². The van der Waals surface area contributed by atoms with Gasteiger partial charge in [0.1, 0.15) is 0 Å². The molecule has 1 heterocycles. The van der Waals surface area contributed by atoms with E-state index in [-0.39, 0.29) is 28.7 Å². The highest BCUT2D eigenvalue weighted by Gasteiger charge is 2.43. The Balaban J connectivity index is -0.000000993. The van der Waals surface area contributed by atoms with Gasteiger partial charge in [-0.1, -0.05) is 119 Å². The molecule has 1 saturated heterocycles. The molecule has 74 heavy (non-hydrogen) atoms. The van der Waals surface area contributed by atoms with Crippen LogP contribution in [0.25, 0.3) is 0 Å². The Hall–Kier alpha value is -2.14. The van der Waals surface area contributed by atoms with Gasteiger partial charge in [0, 0.05) is 48.3 Å². The summed E-state index contributed by atoms with van der Waals surface area (Å²) in [5.41, 5.74) is -7.09. The number of rotatable bonds is 27. The van der Waals surface area contributed by atoms with E-state index in [4.69, 9.17) is 24.4 Å². The van der Waals surface area contributed by atoms with Crippen LogP contribution in [0.3, 0.4) is 0 Å². The summed E-state index contributed by atoms with van der Waals surface area (Å²) < 4.78 is 197. The van der Waals surface area contributed by atoms with Gasteiger partial charge in [0.2, 0.25) is 0 Å². The molecule has 0 aromatic heterocycles. The number of hydrogen-bond acceptors (Lipinski definition) is 6. The maximum atomic E-state index is 14.4. The van der Waals surface area contributed by atoms with Crippen LogP contribution >= 0.6 is 27.8 Å². The third-order valence-electron chi connectivity index (χ3n) is 10.6. The van der Waals surface area contributed by atoms with Crippen molar-refractivity contribution in [1.82, 2.24) is 0 Å². The van der Waals surface area contributed by atoms with Gasteiger partial charge in [0.15, 0.2) is 75.6 Å². The summed E-state index contributed by atoms with van der Waals surface area (Å²) in [6, 6.07) is -0.911. The minimum absolute atomic E-state index is 0. The molecular formula is C51H81BF13O6P3. The standard InChI is InChI=1S/C18H2BF13.2C11H24O2.C8H16O.C3H8O.H4P2.H3P/c20-3-1-4(21)11(25)7(10(3)24)19(8-12(26)5(22)2-6(23)13(8)27)9-14(28)16(30)18(32)17(31)15(9)29;1-3-5-6-7-8-11(12)10-13-9-4-2;1-3-5-6-7-8-11(10-12)13-9-4-2;1-2-3-4-5-6-8-7-9-8;1-2-3-4;1-2;/h1-2H;2*11-12H,3-10H2,1-2H3;8H,2-7H2,1H3;4H,2-3H2,1H3;1-2H2;1H3. The van der Waals surface area contributed by atoms with Gasteiger partial charge in [-0.2, -0.15) is 9.90 Å². The van der Waals surface area contributed by atoms with Crippen LogP contribution in [0.5, 0.6) is 0 Å². The van der Waals surface area contributed by atoms with Crippen LogP contribution in [0, 0.1) is 75.6 Å². The molecule has 3 aromatic rings. The molecule has 1 aliphatic rings. The minimum Gasteiger partial charge on any atom is -0.396 e. The van der Waals surface area contributed by atoms with E-state index in [2.05, 4.69) is 52.5 Å². The molecule has 1 fully saturated rings. The molecule has 0 aliphatic carbocycles. The number of benzene rings is 3. The second-order valence-corrected chi connectivity index (χ2v) is 16.8. The maximum Gasteiger partial charge on any atom is 0.265 e. The molecule has 6 unspecified atom stereocenters. The van der Waals surface area contributed by atoms with E-state index in [0.717, 1.165) is 58.3 Å². The zero-order chi connectivity index (χ0) is 56.1. The maximum absolute atomic E-state index is 14.4. The summed E-state index contributed by atoms with van der Waals surface area (Å²) in [6.45, 7) is 12.7. The third-order valence-corrected chi connectivity index (χ3v) is 10.6. The molecule has 0 amide bonds. The summed E-state index contributed by atoms with van der Waals surface area (Å²) in [5, 5.41) is 26.3. The van der Waals surface area contributed by atoms with Crippen molar-refractivity contribution in [2.24, 2.45) is 0 Å². The Bertz CT molecular complexity index is 1780. The lowest BCUT2D eigenvalue weighted by Crippen LogP contribution is -2.60. The summed E-state index contributed by atoms with van der Waals surface area (Å²) >= 11 is 0. The molecule has 6 nitrogen and oxygen atoms in total. The molecule has 3 N–H and O–H groups in total. The van der Waals surface area contributed by atoms with Crippen LogP contribution in [0.4, 0.5) is 57.1 Å². The average molecular weight is 1140 g/mol. The number of halogens is 13. The first kappa shape index (κ1) is 76.1. The van der Waals surface area contributed by atoms with Gasteiger partial charge in [-0.3, -0.25) is 0 Å². The van der Waals surface area contributed by atoms with E-state index in [0.29, 0.717) is 19.3 Å². The Labute approximate surface area is 439 Å². The number of hydrogen-bond donors (Lipinski definition) is 3. The van der Waals surface area contributed by atoms with Gasteiger partial charge in [-0.15, -0.1) is 17.9 Å². The largest absolute Gasteiger partial charge is 0.396 e. The quantitative estimate of drug-likeness (QED) is 0.0134. The normalized spacial score (nSPS) is 12.9. The lowest BCUT2D eigenvalue weighted by atomic mass is 9.36. The highest BCUT2D eigenvalue weighted by Crippen LogP contribution is 2.22. The van der Waals surface area contributed by atoms with Crippen molar-refractivity contribution in [3.05, 3.63) is 87.8 Å². The Morgan fingerprint density at radius 2 is 0.892 bits per heavy atom. The van der Waals surface area contributed by atoms with Crippen LogP contribution in [0.1, 0.15) is 157 Å². The Morgan fingerprint density at radius 3 is 1.24 bits per heavy atom. The molecule has 0 radical (unpaired) electrons. The third kappa shape index (κ3) is 29.0. The van der Waals surface area contributed by atoms with Crippen molar-refractivity contribution in [3.8, 4) is 0 Å². The van der Waals surface area contributed by atoms with E-state index in [1.165, 1.54) is 77.0 Å². The number of unbranched alkanes of at least 4 members (excludes halogenated alkanes) is 9. The van der Waals surface area contributed by atoms with Crippen molar-refractivity contribution < 1.29 is 86.6 Å². The number of epoxide rings is 1. The smallest absolute Gasteiger partial charge is 0.265 e. The highest BCUT2D eigenvalue weighted by molar-refractivity contribution is 7.92. The first-order valence-corrected chi connectivity index (χ1v) is 27.7. The Morgan fingerprint density at radius 1 is 0.527 bits per heavy atom. The molecule has 3 aromatic carbocycles. The van der Waals surface area contributed by atoms with Gasteiger partial charge >= 0.3 is 0 Å². The fraction of sp³-hybridized carbons (Fsp3) is 0.647. The SMILES string of the molecule is CCCCCCC(CO)OCCC.CCCCCCC(O)COCCC.CCCCCCC1CO1.CCCO.Fc1cc(F)c(F)c(B(c2c(F)c(F)cc(F)c2F)c2c(F)c(F)c(F)c(F)c2F)c1F.P.PP. The summed E-state index contributed by atoms with van der Waals surface area (Å²) in [4.78, 5) is 0. The molecule has 4 rings (SSSR count). The zero-order valence-electron chi connectivity index (χ0n) is 43.8. The molecule has 430 valence electrons. The lowest BCUT2D eigenvalue weighted by molar-refractivity contribution is 0.00708. The van der Waals surface area contributed by atoms with E-state index < -0.39 is 111 Å². The molecule has 0 bridgehead atoms. The van der Waals surface area contributed by atoms with Gasteiger partial charge in [0.25, 0.3) is 6.71 Å². The summed E-state index contributed by atoms with van der Waals surface area (Å²) in [5.74, 6) is -34.0. The van der Waals surface area contributed by atoms with Gasteiger partial charge < -0.3 is 29.5 Å². The second kappa shape index (κ2) is 45.8. The van der Waals surface area contributed by atoms with Crippen LogP contribution in [-0.2, 0) is 14.2 Å². The molecule has 6 atom stereocenters. The van der Waals surface area contributed by atoms with Crippen LogP contribution < -0.4 is 16.4 Å². The lowest BCUT2D eigenvalue weighted by Gasteiger charge is -2.21. The summed E-state index contributed by atoms with van der Waals surface area (Å²) in [6.07, 6.45) is 22.1. The molecular weight excluding hydrogens is 1060 g/mol. The predicted octanol–water partition coefficient (Wildman–Crippen LogP) is 13.0. The molecule has 1 aliphatic heterocycles. The fourth-order valence-electron chi connectivity index (χ4n) is 6.60. The zero-order valence-corrected chi connectivity index (χ0v) is 47.5. The molecule has 23 heteroatoms. The highest BCUT2D eigenvalue weighted by atomic mass is 32.0. The van der Waals surface area contributed by atoms with E-state index >= 15 is 0 Å². The van der Waals surface area contributed by atoms with Crippen molar-refractivity contribution in [3.63, 3.8) is 0 Å². The summed E-state index contributed by atoms with van der Waals surface area (Å²) in [7, 11) is 4.67. The number of aliphatic hydroxyl groups excluding tert-OH is 3. The van der Waals surface area contributed by atoms with E-state index in [1.807, 2.05) is 6.92 Å². The monoisotopic (exact) mass is 1140 g/mol. The number of aliphatic hydroxyl groups is 3. The van der Waals surface area contributed by atoms with E-state index in [9.17, 15) is 62.2 Å². The molecule has 0 saturated carbocycles. The molecule has 0 spiro atoms. The average Bonchev–Trinajstić information content (AvgIpc) is 4.22. The predicted molar refractivity (Wildman–Crippen MR) is 282 cm³/mol. The fourth-order valence-corrected chi connectivity index (χ4v) is 6.60.